The third-order valence-electron chi connectivity index (χ3n) is 7.10. The Morgan fingerprint density at radius 3 is 2.47 bits per heavy atom. The molecule has 1 aromatic carbocycles. The van der Waals surface area contributed by atoms with E-state index in [2.05, 4.69) is 18.2 Å². The number of thiophene rings is 1. The van der Waals surface area contributed by atoms with Crippen LogP contribution in [0.3, 0.4) is 0 Å². The van der Waals surface area contributed by atoms with Crippen molar-refractivity contribution in [2.45, 2.75) is 12.8 Å². The Morgan fingerprint density at radius 1 is 0.917 bits per heavy atom. The molecule has 1 saturated heterocycles. The molecule has 0 saturated carbocycles. The van der Waals surface area contributed by atoms with E-state index in [4.69, 9.17) is 9.72 Å². The van der Waals surface area contributed by atoms with Gasteiger partial charge in [0.15, 0.2) is 0 Å². The predicted octanol–water partition coefficient (Wildman–Crippen LogP) is 4.69. The normalized spacial score (nSPS) is 17.4. The molecule has 2 amide bonds. The smallest absolute Gasteiger partial charge is 0.264 e. The van der Waals surface area contributed by atoms with E-state index < -0.39 is 0 Å². The molecule has 36 heavy (non-hydrogen) atoms. The van der Waals surface area contributed by atoms with Gasteiger partial charge in [-0.15, -0.1) is 11.3 Å². The Bertz CT molecular complexity index is 1350. The average Bonchev–Trinajstić information content (AvgIpc) is 3.63. The van der Waals surface area contributed by atoms with Crippen LogP contribution in [-0.4, -0.2) is 66.0 Å². The molecule has 3 aromatic rings. The van der Waals surface area contributed by atoms with Crippen LogP contribution in [0.1, 0.15) is 37.7 Å². The van der Waals surface area contributed by atoms with Crippen LogP contribution in [0, 0.1) is 0 Å². The molecule has 0 N–H and O–H groups in total. The van der Waals surface area contributed by atoms with Crippen molar-refractivity contribution in [1.82, 2.24) is 14.8 Å². The summed E-state index contributed by atoms with van der Waals surface area (Å²) in [6, 6.07) is 13.8. The number of carbonyl (C=O) groups is 2. The number of rotatable bonds is 4. The van der Waals surface area contributed by atoms with Gasteiger partial charge in [-0.25, -0.2) is 0 Å². The zero-order valence-corrected chi connectivity index (χ0v) is 20.8. The molecular formula is C29H27N3O3S. The lowest BCUT2D eigenvalue weighted by molar-refractivity contribution is 0.0303. The molecule has 1 fully saturated rings. The summed E-state index contributed by atoms with van der Waals surface area (Å²) in [5.41, 5.74) is 7.56. The van der Waals surface area contributed by atoms with Gasteiger partial charge in [0.2, 0.25) is 0 Å². The lowest BCUT2D eigenvalue weighted by atomic mass is 9.94. The highest BCUT2D eigenvalue weighted by atomic mass is 32.1. The minimum absolute atomic E-state index is 0.0537. The monoisotopic (exact) mass is 497 g/mol. The standard InChI is InChI=1S/C29H27N3O3S/c33-28(32-13-15-35-16-14-32)22-5-3-20(4-6-22)23-18-25-24(7-8-26(25)30-19-23)21-9-11-31(12-10-21)29(34)27-2-1-17-36-27/h1-7,9,17-19H,8,10-16H2. The zero-order valence-electron chi connectivity index (χ0n) is 20.0. The molecule has 6 nitrogen and oxygen atoms in total. The van der Waals surface area contributed by atoms with Gasteiger partial charge in [-0.2, -0.15) is 0 Å². The van der Waals surface area contributed by atoms with Crippen molar-refractivity contribution < 1.29 is 14.3 Å². The number of morpholine rings is 1. The third-order valence-corrected chi connectivity index (χ3v) is 7.96. The topological polar surface area (TPSA) is 62.7 Å². The molecule has 0 bridgehead atoms. The van der Waals surface area contributed by atoms with Gasteiger partial charge in [0.05, 0.1) is 23.8 Å². The molecule has 7 heteroatoms. The summed E-state index contributed by atoms with van der Waals surface area (Å²) in [4.78, 5) is 34.8. The molecule has 0 unspecified atom stereocenters. The number of hydrogen-bond acceptors (Lipinski definition) is 5. The van der Waals surface area contributed by atoms with E-state index in [-0.39, 0.29) is 11.8 Å². The van der Waals surface area contributed by atoms with E-state index in [0.29, 0.717) is 38.4 Å². The summed E-state index contributed by atoms with van der Waals surface area (Å²) in [7, 11) is 0. The van der Waals surface area contributed by atoms with E-state index in [9.17, 15) is 9.59 Å². The Kier molecular flexibility index (Phi) is 6.25. The quantitative estimate of drug-likeness (QED) is 0.525. The fourth-order valence-corrected chi connectivity index (χ4v) is 5.76. The highest BCUT2D eigenvalue weighted by Crippen LogP contribution is 2.37. The van der Waals surface area contributed by atoms with Crippen molar-refractivity contribution in [2.75, 3.05) is 39.4 Å². The van der Waals surface area contributed by atoms with Crippen molar-refractivity contribution in [1.29, 1.82) is 0 Å². The van der Waals surface area contributed by atoms with Gasteiger partial charge in [-0.05, 0) is 52.8 Å². The van der Waals surface area contributed by atoms with Crippen molar-refractivity contribution in [3.63, 3.8) is 0 Å². The van der Waals surface area contributed by atoms with Crippen molar-refractivity contribution in [3.05, 3.63) is 93.5 Å². The van der Waals surface area contributed by atoms with Crippen LogP contribution >= 0.6 is 11.3 Å². The number of carbonyl (C=O) groups excluding carboxylic acids is 2. The summed E-state index contributed by atoms with van der Waals surface area (Å²) < 4.78 is 5.36. The molecule has 0 atom stereocenters. The maximum absolute atomic E-state index is 12.8. The molecule has 0 radical (unpaired) electrons. The van der Waals surface area contributed by atoms with Gasteiger partial charge >= 0.3 is 0 Å². The number of ether oxygens (including phenoxy) is 1. The second-order valence-electron chi connectivity index (χ2n) is 9.23. The molecule has 2 aromatic heterocycles. The molecule has 4 heterocycles. The van der Waals surface area contributed by atoms with Crippen LogP contribution in [0.15, 0.2) is 71.8 Å². The number of fused-ring (bicyclic) bond motifs is 1. The number of hydrogen-bond donors (Lipinski definition) is 0. The summed E-state index contributed by atoms with van der Waals surface area (Å²) >= 11 is 1.49. The van der Waals surface area contributed by atoms with E-state index in [0.717, 1.165) is 41.1 Å². The summed E-state index contributed by atoms with van der Waals surface area (Å²) in [5, 5.41) is 1.94. The second-order valence-corrected chi connectivity index (χ2v) is 10.2. The second kappa shape index (κ2) is 9.84. The first-order valence-corrected chi connectivity index (χ1v) is 13.2. The van der Waals surface area contributed by atoms with E-state index >= 15 is 0 Å². The molecule has 1 aliphatic carbocycles. The van der Waals surface area contributed by atoms with Crippen molar-refractivity contribution in [3.8, 4) is 11.1 Å². The maximum atomic E-state index is 12.8. The minimum Gasteiger partial charge on any atom is -0.378 e. The number of allylic oxidation sites excluding steroid dienone is 2. The maximum Gasteiger partial charge on any atom is 0.264 e. The van der Waals surface area contributed by atoms with Crippen LogP contribution in [-0.2, 0) is 11.2 Å². The van der Waals surface area contributed by atoms with Crippen LogP contribution in [0.4, 0.5) is 0 Å². The van der Waals surface area contributed by atoms with E-state index in [1.165, 1.54) is 28.0 Å². The Hall–Kier alpha value is -3.55. The number of aromatic nitrogens is 1. The Morgan fingerprint density at radius 2 is 1.75 bits per heavy atom. The molecule has 182 valence electrons. The van der Waals surface area contributed by atoms with E-state index in [1.807, 2.05) is 57.8 Å². The molecule has 6 rings (SSSR count). The SMILES string of the molecule is O=C(c1ccc(-c2cnc3c(c2)C(C2=CCN(C(=O)c4cccs4)CC2)=CC3)cc1)N1CCOCC1. The average molecular weight is 498 g/mol. The Balaban J connectivity index is 1.18. The number of nitrogens with zero attached hydrogens (tertiary/aromatic N) is 3. The molecule has 3 aliphatic rings. The molecular weight excluding hydrogens is 470 g/mol. The highest BCUT2D eigenvalue weighted by molar-refractivity contribution is 7.12. The van der Waals surface area contributed by atoms with E-state index in [1.54, 1.807) is 0 Å². The summed E-state index contributed by atoms with van der Waals surface area (Å²) in [5.74, 6) is 0.165. The van der Waals surface area contributed by atoms with Gasteiger partial charge in [-0.1, -0.05) is 30.4 Å². The number of pyridine rings is 1. The van der Waals surface area contributed by atoms with Gasteiger partial charge in [-0.3, -0.25) is 14.6 Å². The first-order valence-electron chi connectivity index (χ1n) is 12.4. The highest BCUT2D eigenvalue weighted by Gasteiger charge is 2.25. The minimum atomic E-state index is 0.0537. The lowest BCUT2D eigenvalue weighted by Crippen LogP contribution is -2.40. The van der Waals surface area contributed by atoms with Crippen LogP contribution in [0.2, 0.25) is 0 Å². The fourth-order valence-electron chi connectivity index (χ4n) is 5.07. The number of amides is 2. The summed E-state index contributed by atoms with van der Waals surface area (Å²) in [6.45, 7) is 3.83. The molecule has 2 aliphatic heterocycles. The first-order chi connectivity index (χ1) is 17.7. The van der Waals surface area contributed by atoms with Gasteiger partial charge in [0.25, 0.3) is 11.8 Å². The van der Waals surface area contributed by atoms with Crippen LogP contribution in [0.25, 0.3) is 16.7 Å². The fraction of sp³-hybridized carbons (Fsp3) is 0.276. The van der Waals surface area contributed by atoms with Crippen LogP contribution in [0.5, 0.6) is 0 Å². The third kappa shape index (κ3) is 4.40. The first kappa shape index (κ1) is 22.9. The summed E-state index contributed by atoms with van der Waals surface area (Å²) in [6.07, 6.45) is 8.03. The van der Waals surface area contributed by atoms with Crippen molar-refractivity contribution >= 4 is 28.7 Å². The van der Waals surface area contributed by atoms with Crippen molar-refractivity contribution in [2.24, 2.45) is 0 Å². The Labute approximate surface area is 214 Å². The van der Waals surface area contributed by atoms with Gasteiger partial charge in [0, 0.05) is 55.5 Å². The predicted molar refractivity (Wildman–Crippen MR) is 141 cm³/mol. The van der Waals surface area contributed by atoms with Crippen LogP contribution < -0.4 is 0 Å². The lowest BCUT2D eigenvalue weighted by Gasteiger charge is -2.27. The van der Waals surface area contributed by atoms with Gasteiger partial charge in [0.1, 0.15) is 0 Å². The molecule has 0 spiro atoms. The largest absolute Gasteiger partial charge is 0.378 e. The van der Waals surface area contributed by atoms with Gasteiger partial charge < -0.3 is 14.5 Å². The number of benzene rings is 1. The zero-order chi connectivity index (χ0) is 24.5.